The molecule has 18 heavy (non-hydrogen) atoms. The molecule has 0 bridgehead atoms. The highest BCUT2D eigenvalue weighted by molar-refractivity contribution is 8.00. The maximum Gasteiger partial charge on any atom is 0.0360 e. The molecule has 1 saturated carbocycles. The molecule has 0 amide bonds. The molecule has 1 saturated heterocycles. The fourth-order valence-corrected chi connectivity index (χ4v) is 5.07. The second kappa shape index (κ2) is 5.34. The van der Waals surface area contributed by atoms with Crippen LogP contribution in [-0.4, -0.2) is 40.6 Å². The van der Waals surface area contributed by atoms with Crippen LogP contribution < -0.4 is 5.73 Å². The van der Waals surface area contributed by atoms with Crippen molar-refractivity contribution < 1.29 is 0 Å². The summed E-state index contributed by atoms with van der Waals surface area (Å²) in [6.07, 6.45) is 4.03. The Kier molecular flexibility index (Phi) is 4.35. The van der Waals surface area contributed by atoms with Gasteiger partial charge in [-0.1, -0.05) is 20.3 Å². The molecule has 2 fully saturated rings. The van der Waals surface area contributed by atoms with Gasteiger partial charge < -0.3 is 5.73 Å². The third-order valence-corrected chi connectivity index (χ3v) is 6.42. The van der Waals surface area contributed by atoms with E-state index in [9.17, 15) is 0 Å². The van der Waals surface area contributed by atoms with Gasteiger partial charge in [-0.25, -0.2) is 0 Å². The van der Waals surface area contributed by atoms with E-state index in [1.165, 1.54) is 38.1 Å². The van der Waals surface area contributed by atoms with Gasteiger partial charge >= 0.3 is 0 Å². The van der Waals surface area contributed by atoms with Gasteiger partial charge in [0, 0.05) is 35.7 Å². The summed E-state index contributed by atoms with van der Waals surface area (Å²) in [4.78, 5) is 2.74. The number of nitrogens with zero attached hydrogens (tertiary/aromatic N) is 1. The van der Waals surface area contributed by atoms with Crippen LogP contribution in [-0.2, 0) is 0 Å². The molecular formula is C15H30N2S. The van der Waals surface area contributed by atoms with Gasteiger partial charge in [0.1, 0.15) is 0 Å². The Balaban J connectivity index is 2.19. The average molecular weight is 270 g/mol. The summed E-state index contributed by atoms with van der Waals surface area (Å²) in [6.45, 7) is 12.8. The zero-order valence-electron chi connectivity index (χ0n) is 12.5. The highest BCUT2D eigenvalue weighted by Gasteiger charge is 2.46. The van der Waals surface area contributed by atoms with Crippen LogP contribution in [0, 0.1) is 11.8 Å². The van der Waals surface area contributed by atoms with Crippen molar-refractivity contribution in [3.8, 4) is 0 Å². The minimum absolute atomic E-state index is 0.274. The minimum Gasteiger partial charge on any atom is -0.329 e. The van der Waals surface area contributed by atoms with Crippen LogP contribution in [0.1, 0.15) is 47.0 Å². The van der Waals surface area contributed by atoms with Crippen LogP contribution in [0.2, 0.25) is 0 Å². The summed E-state index contributed by atoms with van der Waals surface area (Å²) in [5, 5.41) is 0. The second-order valence-corrected chi connectivity index (χ2v) is 8.93. The largest absolute Gasteiger partial charge is 0.329 e. The van der Waals surface area contributed by atoms with E-state index < -0.39 is 0 Å². The summed E-state index contributed by atoms with van der Waals surface area (Å²) < 4.78 is 0.390. The van der Waals surface area contributed by atoms with Gasteiger partial charge in [-0.05, 0) is 38.5 Å². The molecule has 1 aliphatic carbocycles. The van der Waals surface area contributed by atoms with Crippen LogP contribution in [0.25, 0.3) is 0 Å². The molecular weight excluding hydrogens is 240 g/mol. The van der Waals surface area contributed by atoms with Gasteiger partial charge in [0.25, 0.3) is 0 Å². The van der Waals surface area contributed by atoms with E-state index >= 15 is 0 Å². The normalized spacial score (nSPS) is 41.8. The Labute approximate surface area is 117 Å². The maximum absolute atomic E-state index is 6.26. The molecule has 2 rings (SSSR count). The van der Waals surface area contributed by atoms with Crippen molar-refractivity contribution in [3.63, 3.8) is 0 Å². The molecule has 2 N–H and O–H groups in total. The van der Waals surface area contributed by atoms with Crippen molar-refractivity contribution in [2.75, 3.05) is 25.4 Å². The molecule has 0 aromatic carbocycles. The third kappa shape index (κ3) is 2.73. The fraction of sp³-hybridized carbons (Fsp3) is 1.00. The third-order valence-electron chi connectivity index (χ3n) is 5.12. The smallest absolute Gasteiger partial charge is 0.0360 e. The van der Waals surface area contributed by atoms with E-state index in [2.05, 4.69) is 44.4 Å². The van der Waals surface area contributed by atoms with Crippen molar-refractivity contribution in [2.24, 2.45) is 17.6 Å². The molecule has 2 aliphatic rings. The van der Waals surface area contributed by atoms with Crippen molar-refractivity contribution in [1.82, 2.24) is 4.90 Å². The van der Waals surface area contributed by atoms with E-state index in [1.807, 2.05) is 0 Å². The van der Waals surface area contributed by atoms with Crippen LogP contribution in [0.5, 0.6) is 0 Å². The lowest BCUT2D eigenvalue weighted by Gasteiger charge is -2.55. The molecule has 0 radical (unpaired) electrons. The minimum atomic E-state index is 0.274. The Morgan fingerprint density at radius 1 is 1.28 bits per heavy atom. The molecule has 0 spiro atoms. The van der Waals surface area contributed by atoms with Crippen molar-refractivity contribution in [3.05, 3.63) is 0 Å². The van der Waals surface area contributed by atoms with Gasteiger partial charge in [-0.15, -0.1) is 0 Å². The Morgan fingerprint density at radius 3 is 2.61 bits per heavy atom. The number of rotatable bonds is 2. The first-order valence-corrected chi connectivity index (χ1v) is 8.47. The molecule has 3 unspecified atom stereocenters. The summed E-state index contributed by atoms with van der Waals surface area (Å²) in [7, 11) is 0. The number of nitrogens with two attached hydrogens (primary N) is 1. The lowest BCUT2D eigenvalue weighted by atomic mass is 9.68. The first-order chi connectivity index (χ1) is 8.39. The average Bonchev–Trinajstić information content (AvgIpc) is 2.31. The summed E-state index contributed by atoms with van der Waals surface area (Å²) >= 11 is 2.12. The van der Waals surface area contributed by atoms with Gasteiger partial charge in [-0.2, -0.15) is 11.8 Å². The zero-order chi connectivity index (χ0) is 13.4. The van der Waals surface area contributed by atoms with E-state index in [4.69, 9.17) is 5.73 Å². The van der Waals surface area contributed by atoms with E-state index in [-0.39, 0.29) is 5.54 Å². The van der Waals surface area contributed by atoms with Crippen molar-refractivity contribution >= 4 is 11.8 Å². The standard InChI is InChI=1S/C15H30N2S/c1-12-5-6-13(2)15(9-12,10-16)17-7-8-18-14(3,4)11-17/h12-13H,5-11,16H2,1-4H3. The Morgan fingerprint density at radius 2 is 2.00 bits per heavy atom. The van der Waals surface area contributed by atoms with Gasteiger partial charge in [0.05, 0.1) is 0 Å². The number of thioether (sulfide) groups is 1. The predicted molar refractivity (Wildman–Crippen MR) is 82.1 cm³/mol. The highest BCUT2D eigenvalue weighted by Crippen LogP contribution is 2.43. The molecule has 3 heteroatoms. The molecule has 1 heterocycles. The lowest BCUT2D eigenvalue weighted by Crippen LogP contribution is -2.64. The highest BCUT2D eigenvalue weighted by atomic mass is 32.2. The molecule has 3 atom stereocenters. The van der Waals surface area contributed by atoms with E-state index in [0.717, 1.165) is 18.4 Å². The maximum atomic E-state index is 6.26. The van der Waals surface area contributed by atoms with Crippen LogP contribution in [0.15, 0.2) is 0 Å². The number of hydrogen-bond acceptors (Lipinski definition) is 3. The Hall–Kier alpha value is 0.270. The zero-order valence-corrected chi connectivity index (χ0v) is 13.4. The van der Waals surface area contributed by atoms with Crippen LogP contribution in [0.3, 0.4) is 0 Å². The van der Waals surface area contributed by atoms with Crippen LogP contribution >= 0.6 is 11.8 Å². The molecule has 2 nitrogen and oxygen atoms in total. The second-order valence-electron chi connectivity index (χ2n) is 7.13. The molecule has 1 aliphatic heterocycles. The van der Waals surface area contributed by atoms with Crippen LogP contribution in [0.4, 0.5) is 0 Å². The van der Waals surface area contributed by atoms with Crippen molar-refractivity contribution in [1.29, 1.82) is 0 Å². The van der Waals surface area contributed by atoms with E-state index in [0.29, 0.717) is 4.75 Å². The van der Waals surface area contributed by atoms with Gasteiger partial charge in [0.15, 0.2) is 0 Å². The molecule has 0 aromatic heterocycles. The first kappa shape index (κ1) is 14.7. The summed E-state index contributed by atoms with van der Waals surface area (Å²) in [6, 6.07) is 0. The quantitative estimate of drug-likeness (QED) is 0.836. The summed E-state index contributed by atoms with van der Waals surface area (Å²) in [5.74, 6) is 2.84. The first-order valence-electron chi connectivity index (χ1n) is 7.49. The van der Waals surface area contributed by atoms with Gasteiger partial charge in [-0.3, -0.25) is 4.90 Å². The monoisotopic (exact) mass is 270 g/mol. The topological polar surface area (TPSA) is 29.3 Å². The molecule has 0 aromatic rings. The molecule has 106 valence electrons. The summed E-state index contributed by atoms with van der Waals surface area (Å²) in [5.41, 5.74) is 6.54. The number of hydrogen-bond donors (Lipinski definition) is 1. The predicted octanol–water partition coefficient (Wildman–Crippen LogP) is 2.97. The SMILES string of the molecule is CC1CCC(C)C(CN)(N2CCSC(C)(C)C2)C1. The van der Waals surface area contributed by atoms with Crippen molar-refractivity contribution in [2.45, 2.75) is 57.2 Å². The lowest BCUT2D eigenvalue weighted by molar-refractivity contribution is -0.00653. The van der Waals surface area contributed by atoms with Gasteiger partial charge in [0.2, 0.25) is 0 Å². The Bertz CT molecular complexity index is 292. The van der Waals surface area contributed by atoms with E-state index in [1.54, 1.807) is 0 Å². The fourth-order valence-electron chi connectivity index (χ4n) is 3.96.